The first-order chi connectivity index (χ1) is 7.72. The van der Waals surface area contributed by atoms with E-state index in [9.17, 15) is 4.79 Å². The van der Waals surface area contributed by atoms with Gasteiger partial charge < -0.3 is 5.32 Å². The zero-order valence-electron chi connectivity index (χ0n) is 8.57. The largest absolute Gasteiger partial charge is 0.343 e. The van der Waals surface area contributed by atoms with E-state index in [1.54, 1.807) is 11.8 Å². The third-order valence-corrected chi connectivity index (χ3v) is 3.04. The summed E-state index contributed by atoms with van der Waals surface area (Å²) in [5.74, 6) is 0.599. The van der Waals surface area contributed by atoms with Crippen LogP contribution < -0.4 is 5.32 Å². The van der Waals surface area contributed by atoms with Crippen LogP contribution in [0, 0.1) is 11.3 Å². The third-order valence-electron chi connectivity index (χ3n) is 1.78. The monoisotopic (exact) mass is 254 g/mol. The fourth-order valence-corrected chi connectivity index (χ4v) is 2.00. The summed E-state index contributed by atoms with van der Waals surface area (Å²) in [6, 6.07) is 9.33. The number of carbonyl (C=O) groups is 1. The molecule has 1 rings (SSSR count). The van der Waals surface area contributed by atoms with Gasteiger partial charge in [0.15, 0.2) is 0 Å². The molecule has 0 spiro atoms. The zero-order chi connectivity index (χ0) is 11.8. The lowest BCUT2D eigenvalue weighted by Crippen LogP contribution is -2.23. The summed E-state index contributed by atoms with van der Waals surface area (Å²) in [7, 11) is 0. The van der Waals surface area contributed by atoms with Crippen molar-refractivity contribution >= 4 is 29.3 Å². The standard InChI is InChI=1S/C11H11ClN2OS/c12-9-1-3-10(4-2-9)16-8-5-11(15)14-7-6-13/h1-4H,5,7-8H2,(H,14,15). The highest BCUT2D eigenvalue weighted by Crippen LogP contribution is 2.20. The number of nitrogens with zero attached hydrogens (tertiary/aromatic N) is 1. The number of nitriles is 1. The van der Waals surface area contributed by atoms with Crippen LogP contribution in [-0.2, 0) is 4.79 Å². The summed E-state index contributed by atoms with van der Waals surface area (Å²) >= 11 is 7.34. The first-order valence-electron chi connectivity index (χ1n) is 4.74. The Hall–Kier alpha value is -1.18. The van der Waals surface area contributed by atoms with Crippen molar-refractivity contribution in [2.24, 2.45) is 0 Å². The third kappa shape index (κ3) is 5.06. The van der Waals surface area contributed by atoms with Crippen molar-refractivity contribution < 1.29 is 4.79 Å². The number of hydrogen-bond acceptors (Lipinski definition) is 3. The fraction of sp³-hybridized carbons (Fsp3) is 0.273. The van der Waals surface area contributed by atoms with Crippen LogP contribution >= 0.6 is 23.4 Å². The summed E-state index contributed by atoms with van der Waals surface area (Å²) in [5.41, 5.74) is 0. The van der Waals surface area contributed by atoms with Gasteiger partial charge in [0.05, 0.1) is 6.07 Å². The van der Waals surface area contributed by atoms with E-state index in [4.69, 9.17) is 16.9 Å². The highest BCUT2D eigenvalue weighted by Gasteiger charge is 2.00. The first-order valence-corrected chi connectivity index (χ1v) is 6.11. The van der Waals surface area contributed by atoms with Gasteiger partial charge in [-0.3, -0.25) is 4.79 Å². The molecule has 0 heterocycles. The molecule has 0 fully saturated rings. The van der Waals surface area contributed by atoms with Gasteiger partial charge in [-0.15, -0.1) is 11.8 Å². The van der Waals surface area contributed by atoms with Gasteiger partial charge in [-0.2, -0.15) is 5.26 Å². The predicted octanol–water partition coefficient (Wildman–Crippen LogP) is 2.46. The highest BCUT2D eigenvalue weighted by molar-refractivity contribution is 7.99. The smallest absolute Gasteiger partial charge is 0.221 e. The summed E-state index contributed by atoms with van der Waals surface area (Å²) < 4.78 is 0. The van der Waals surface area contributed by atoms with Crippen LogP contribution in [0.3, 0.4) is 0 Å². The number of hydrogen-bond donors (Lipinski definition) is 1. The first kappa shape index (κ1) is 12.9. The van der Waals surface area contributed by atoms with E-state index in [2.05, 4.69) is 5.32 Å². The molecule has 5 heteroatoms. The molecule has 0 saturated heterocycles. The topological polar surface area (TPSA) is 52.9 Å². The summed E-state index contributed by atoms with van der Waals surface area (Å²) in [4.78, 5) is 12.2. The molecule has 0 radical (unpaired) electrons. The molecule has 16 heavy (non-hydrogen) atoms. The van der Waals surface area contributed by atoms with Crippen molar-refractivity contribution in [3.05, 3.63) is 29.3 Å². The van der Waals surface area contributed by atoms with Gasteiger partial charge >= 0.3 is 0 Å². The Balaban J connectivity index is 2.23. The van der Waals surface area contributed by atoms with Crippen molar-refractivity contribution in [2.75, 3.05) is 12.3 Å². The molecule has 0 saturated carbocycles. The predicted molar refractivity (Wildman–Crippen MR) is 65.4 cm³/mol. The number of nitrogens with one attached hydrogen (secondary N) is 1. The van der Waals surface area contributed by atoms with Crippen molar-refractivity contribution in [2.45, 2.75) is 11.3 Å². The SMILES string of the molecule is N#CCNC(=O)CCSc1ccc(Cl)cc1. The molecule has 1 amide bonds. The lowest BCUT2D eigenvalue weighted by molar-refractivity contribution is -0.120. The van der Waals surface area contributed by atoms with Crippen LogP contribution in [-0.4, -0.2) is 18.2 Å². The highest BCUT2D eigenvalue weighted by atomic mass is 35.5. The van der Waals surface area contributed by atoms with E-state index >= 15 is 0 Å². The maximum atomic E-state index is 11.1. The lowest BCUT2D eigenvalue weighted by Gasteiger charge is -2.01. The number of benzene rings is 1. The van der Waals surface area contributed by atoms with E-state index in [0.29, 0.717) is 17.2 Å². The van der Waals surface area contributed by atoms with Crippen molar-refractivity contribution in [1.82, 2.24) is 5.32 Å². The molecular formula is C11H11ClN2OS. The molecule has 0 unspecified atom stereocenters. The minimum Gasteiger partial charge on any atom is -0.343 e. The second kappa shape index (κ2) is 7.15. The number of amides is 1. The van der Waals surface area contributed by atoms with Crippen LogP contribution in [0.4, 0.5) is 0 Å². The fourth-order valence-electron chi connectivity index (χ4n) is 1.02. The molecule has 0 aliphatic heterocycles. The molecule has 0 bridgehead atoms. The Labute approximate surface area is 104 Å². The molecule has 1 N–H and O–H groups in total. The number of carbonyl (C=O) groups excluding carboxylic acids is 1. The molecule has 0 aromatic heterocycles. The second-order valence-corrected chi connectivity index (χ2v) is 4.59. The molecule has 3 nitrogen and oxygen atoms in total. The Kier molecular flexibility index (Phi) is 5.76. The Bertz CT molecular complexity index is 386. The maximum absolute atomic E-state index is 11.1. The van der Waals surface area contributed by atoms with Crippen molar-refractivity contribution in [1.29, 1.82) is 5.26 Å². The molecule has 0 aliphatic rings. The van der Waals surface area contributed by atoms with Gasteiger partial charge in [0.2, 0.25) is 5.91 Å². The number of thioether (sulfide) groups is 1. The normalized spacial score (nSPS) is 9.50. The number of halogens is 1. The Morgan fingerprint density at radius 1 is 1.44 bits per heavy atom. The van der Waals surface area contributed by atoms with Crippen molar-refractivity contribution in [3.8, 4) is 6.07 Å². The van der Waals surface area contributed by atoms with Gasteiger partial charge in [-0.05, 0) is 24.3 Å². The van der Waals surface area contributed by atoms with Crippen molar-refractivity contribution in [3.63, 3.8) is 0 Å². The minimum absolute atomic E-state index is 0.0739. The van der Waals surface area contributed by atoms with Gasteiger partial charge in [-0.25, -0.2) is 0 Å². The zero-order valence-corrected chi connectivity index (χ0v) is 10.1. The molecule has 0 atom stereocenters. The van der Waals surface area contributed by atoms with Crippen LogP contribution in [0.1, 0.15) is 6.42 Å². The van der Waals surface area contributed by atoms with E-state index < -0.39 is 0 Å². The van der Waals surface area contributed by atoms with E-state index in [-0.39, 0.29) is 12.5 Å². The second-order valence-electron chi connectivity index (χ2n) is 2.99. The molecule has 1 aromatic rings. The molecule has 0 aliphatic carbocycles. The summed E-state index contributed by atoms with van der Waals surface area (Å²) in [6.45, 7) is 0.0739. The van der Waals surface area contributed by atoms with Crippen LogP contribution in [0.15, 0.2) is 29.2 Å². The van der Waals surface area contributed by atoms with Gasteiger partial charge in [0, 0.05) is 22.1 Å². The molecule has 84 valence electrons. The quantitative estimate of drug-likeness (QED) is 0.649. The number of rotatable bonds is 5. The molecular weight excluding hydrogens is 244 g/mol. The summed E-state index contributed by atoms with van der Waals surface area (Å²) in [5, 5.41) is 11.5. The van der Waals surface area contributed by atoms with E-state index in [0.717, 1.165) is 4.90 Å². The lowest BCUT2D eigenvalue weighted by atomic mass is 10.4. The van der Waals surface area contributed by atoms with E-state index in [1.807, 2.05) is 30.3 Å². The van der Waals surface area contributed by atoms with Crippen LogP contribution in [0.25, 0.3) is 0 Å². The average molecular weight is 255 g/mol. The van der Waals surface area contributed by atoms with Gasteiger partial charge in [0.1, 0.15) is 6.54 Å². The van der Waals surface area contributed by atoms with Crippen LogP contribution in [0.5, 0.6) is 0 Å². The minimum atomic E-state index is -0.0944. The Morgan fingerprint density at radius 2 is 2.12 bits per heavy atom. The Morgan fingerprint density at radius 3 is 2.75 bits per heavy atom. The summed E-state index contributed by atoms with van der Waals surface area (Å²) in [6.07, 6.45) is 0.412. The van der Waals surface area contributed by atoms with Gasteiger partial charge in [-0.1, -0.05) is 11.6 Å². The molecule has 1 aromatic carbocycles. The van der Waals surface area contributed by atoms with Crippen LogP contribution in [0.2, 0.25) is 5.02 Å². The maximum Gasteiger partial charge on any atom is 0.221 e. The van der Waals surface area contributed by atoms with E-state index in [1.165, 1.54) is 0 Å². The average Bonchev–Trinajstić information content (AvgIpc) is 2.29. The van der Waals surface area contributed by atoms with Gasteiger partial charge in [0.25, 0.3) is 0 Å².